The zero-order chi connectivity index (χ0) is 19.2. The number of pyridine rings is 1. The third kappa shape index (κ3) is 3.14. The molecule has 1 nitrogen and oxygen atoms in total. The summed E-state index contributed by atoms with van der Waals surface area (Å²) in [6.07, 6.45) is -12.1. The van der Waals surface area contributed by atoms with Crippen LogP contribution in [0.4, 0.5) is 39.5 Å². The molecule has 1 aromatic carbocycles. The van der Waals surface area contributed by atoms with Gasteiger partial charge in [-0.2, -0.15) is 26.3 Å². The average Bonchev–Trinajstić information content (AvgIpc) is 2.44. The van der Waals surface area contributed by atoms with Crippen LogP contribution in [0, 0.1) is 17.7 Å². The smallest absolute Gasteiger partial charge is 0.244 e. The lowest BCUT2D eigenvalue weighted by molar-refractivity contribution is -0.348. The first kappa shape index (κ1) is 19.4. The highest BCUT2D eigenvalue weighted by atomic mass is 35.5. The van der Waals surface area contributed by atoms with Crippen molar-refractivity contribution in [2.75, 3.05) is 0 Å². The van der Waals surface area contributed by atoms with Gasteiger partial charge in [-0.3, -0.25) is 0 Å². The molecule has 2 aromatic rings. The molecule has 135 valence electrons. The van der Waals surface area contributed by atoms with E-state index in [1.807, 2.05) is 0 Å². The Morgan fingerprint density at radius 2 is 1.52 bits per heavy atom. The van der Waals surface area contributed by atoms with E-state index in [0.717, 1.165) is 18.3 Å². The second kappa shape index (κ2) is 6.08. The van der Waals surface area contributed by atoms with Crippen LogP contribution in [0.5, 0.6) is 0 Å². The fourth-order valence-corrected chi connectivity index (χ4v) is 2.31. The molecule has 25 heavy (non-hydrogen) atoms. The molecule has 0 aliphatic heterocycles. The second-order valence-electron chi connectivity index (χ2n) is 4.72. The van der Waals surface area contributed by atoms with Crippen molar-refractivity contribution in [1.82, 2.24) is 4.98 Å². The molecule has 0 bridgehead atoms. The standard InChI is InChI=1S/C14H4ClF9N/c15-11-7(2-1-3-25-11)10-8(4-6(16)5-9(10)17)12(18,13(19,20)21)14(22,23)24/h1-4H. The Morgan fingerprint density at radius 3 is 2.00 bits per heavy atom. The predicted octanol–water partition coefficient (Wildman–Crippen LogP) is 5.77. The van der Waals surface area contributed by atoms with E-state index in [9.17, 15) is 39.5 Å². The Labute approximate surface area is 139 Å². The molecule has 0 atom stereocenters. The molecule has 11 heteroatoms. The highest BCUT2D eigenvalue weighted by molar-refractivity contribution is 6.32. The average molecular weight is 393 g/mol. The van der Waals surface area contributed by atoms with Crippen LogP contribution in [0.1, 0.15) is 5.56 Å². The molecule has 0 aliphatic rings. The monoisotopic (exact) mass is 392 g/mol. The summed E-state index contributed by atoms with van der Waals surface area (Å²) in [6.45, 7) is 0. The van der Waals surface area contributed by atoms with Gasteiger partial charge in [-0.25, -0.2) is 18.2 Å². The highest BCUT2D eigenvalue weighted by Crippen LogP contribution is 2.56. The second-order valence-corrected chi connectivity index (χ2v) is 5.07. The fourth-order valence-electron chi connectivity index (χ4n) is 2.09. The molecule has 0 amide bonds. The predicted molar refractivity (Wildman–Crippen MR) is 68.3 cm³/mol. The van der Waals surface area contributed by atoms with E-state index >= 15 is 0 Å². The molecule has 0 saturated heterocycles. The van der Waals surface area contributed by atoms with Crippen molar-refractivity contribution in [3.05, 3.63) is 52.8 Å². The maximum atomic E-state index is 14.3. The number of aromatic nitrogens is 1. The first-order valence-electron chi connectivity index (χ1n) is 6.15. The number of halogens is 10. The van der Waals surface area contributed by atoms with Crippen molar-refractivity contribution in [2.45, 2.75) is 18.0 Å². The molecule has 1 radical (unpaired) electrons. The lowest BCUT2D eigenvalue weighted by atomic mass is 9.87. The SMILES string of the molecule is Fc1[c]c(F)c(-c2cccnc2Cl)c(C(F)(C(F)(F)F)C(F)(F)F)c1. The highest BCUT2D eigenvalue weighted by Gasteiger charge is 2.74. The molecule has 0 saturated carbocycles. The molecular formula is C14H4ClF9N. The van der Waals surface area contributed by atoms with Crippen molar-refractivity contribution in [3.63, 3.8) is 0 Å². The fraction of sp³-hybridized carbons (Fsp3) is 0.214. The number of hydrogen-bond acceptors (Lipinski definition) is 1. The molecule has 0 N–H and O–H groups in total. The summed E-state index contributed by atoms with van der Waals surface area (Å²) >= 11 is 5.55. The van der Waals surface area contributed by atoms with Crippen LogP contribution in [0.15, 0.2) is 24.4 Å². The van der Waals surface area contributed by atoms with E-state index in [-0.39, 0.29) is 0 Å². The van der Waals surface area contributed by atoms with E-state index < -0.39 is 57.6 Å². The number of rotatable bonds is 2. The van der Waals surface area contributed by atoms with Gasteiger partial charge in [0, 0.05) is 22.9 Å². The number of alkyl halides is 7. The van der Waals surface area contributed by atoms with Gasteiger partial charge in [-0.05, 0) is 18.2 Å². The van der Waals surface area contributed by atoms with Gasteiger partial charge in [0.2, 0.25) is 0 Å². The topological polar surface area (TPSA) is 12.9 Å². The molecule has 0 fully saturated rings. The van der Waals surface area contributed by atoms with Gasteiger partial charge in [-0.1, -0.05) is 11.6 Å². The molecule has 1 heterocycles. The molecule has 0 aliphatic carbocycles. The van der Waals surface area contributed by atoms with Gasteiger partial charge in [0.25, 0.3) is 0 Å². The van der Waals surface area contributed by atoms with Crippen molar-refractivity contribution < 1.29 is 39.5 Å². The van der Waals surface area contributed by atoms with Crippen molar-refractivity contribution in [3.8, 4) is 11.1 Å². The number of nitrogens with zero attached hydrogens (tertiary/aromatic N) is 1. The first-order valence-corrected chi connectivity index (χ1v) is 6.53. The molecule has 0 unspecified atom stereocenters. The quantitative estimate of drug-likeness (QED) is 0.467. The van der Waals surface area contributed by atoms with Crippen LogP contribution >= 0.6 is 11.6 Å². The zero-order valence-corrected chi connectivity index (χ0v) is 12.3. The van der Waals surface area contributed by atoms with E-state index in [1.54, 1.807) is 0 Å². The van der Waals surface area contributed by atoms with Crippen molar-refractivity contribution in [1.29, 1.82) is 0 Å². The lowest BCUT2D eigenvalue weighted by Gasteiger charge is -2.32. The Hall–Kier alpha value is -1.97. The number of benzene rings is 1. The van der Waals surface area contributed by atoms with Crippen LogP contribution in [-0.4, -0.2) is 17.3 Å². The Balaban J connectivity index is 2.97. The van der Waals surface area contributed by atoms with E-state index in [4.69, 9.17) is 11.6 Å². The first-order chi connectivity index (χ1) is 11.3. The summed E-state index contributed by atoms with van der Waals surface area (Å²) < 4.78 is 119. The lowest BCUT2D eigenvalue weighted by Crippen LogP contribution is -2.50. The minimum absolute atomic E-state index is 0.428. The minimum Gasteiger partial charge on any atom is -0.244 e. The Morgan fingerprint density at radius 1 is 0.960 bits per heavy atom. The van der Waals surface area contributed by atoms with Gasteiger partial charge in [0.15, 0.2) is 0 Å². The van der Waals surface area contributed by atoms with Gasteiger partial charge in [0.1, 0.15) is 16.8 Å². The molecular weight excluding hydrogens is 389 g/mol. The normalized spacial score (nSPS) is 13.2. The van der Waals surface area contributed by atoms with Crippen LogP contribution in [0.2, 0.25) is 5.15 Å². The van der Waals surface area contributed by atoms with Crippen LogP contribution in [0.3, 0.4) is 0 Å². The molecule has 1 aromatic heterocycles. The van der Waals surface area contributed by atoms with Gasteiger partial charge < -0.3 is 0 Å². The third-order valence-electron chi connectivity index (χ3n) is 3.17. The van der Waals surface area contributed by atoms with E-state index in [1.165, 1.54) is 6.07 Å². The molecule has 0 spiro atoms. The summed E-state index contributed by atoms with van der Waals surface area (Å²) in [5.41, 5.74) is -10.7. The third-order valence-corrected chi connectivity index (χ3v) is 3.47. The number of hydrogen-bond donors (Lipinski definition) is 0. The van der Waals surface area contributed by atoms with Crippen LogP contribution < -0.4 is 0 Å². The molecule has 2 rings (SSSR count). The summed E-state index contributed by atoms with van der Waals surface area (Å²) in [6, 6.07) is 2.64. The van der Waals surface area contributed by atoms with Gasteiger partial charge in [0.05, 0.1) is 6.07 Å². The van der Waals surface area contributed by atoms with E-state index in [2.05, 4.69) is 4.98 Å². The van der Waals surface area contributed by atoms with Gasteiger partial charge >= 0.3 is 18.0 Å². The van der Waals surface area contributed by atoms with Crippen molar-refractivity contribution in [2.24, 2.45) is 0 Å². The summed E-state index contributed by atoms with van der Waals surface area (Å²) in [7, 11) is 0. The van der Waals surface area contributed by atoms with Crippen LogP contribution in [-0.2, 0) is 5.67 Å². The Kier molecular flexibility index (Phi) is 4.71. The Bertz CT molecular complexity index is 784. The largest absolute Gasteiger partial charge is 0.435 e. The summed E-state index contributed by atoms with van der Waals surface area (Å²) in [4.78, 5) is 3.37. The van der Waals surface area contributed by atoms with Gasteiger partial charge in [-0.15, -0.1) is 0 Å². The van der Waals surface area contributed by atoms with Crippen molar-refractivity contribution >= 4 is 11.6 Å². The van der Waals surface area contributed by atoms with E-state index in [0.29, 0.717) is 0 Å². The summed E-state index contributed by atoms with van der Waals surface area (Å²) in [5, 5.41) is -0.714. The summed E-state index contributed by atoms with van der Waals surface area (Å²) in [5.74, 6) is -3.94. The maximum Gasteiger partial charge on any atom is 0.435 e. The maximum absolute atomic E-state index is 14.3. The van der Waals surface area contributed by atoms with Crippen LogP contribution in [0.25, 0.3) is 11.1 Å². The minimum atomic E-state index is -6.56. The zero-order valence-electron chi connectivity index (χ0n) is 11.5.